The molecule has 2 aromatic rings. The minimum Gasteiger partial charge on any atom is -0.494 e. The van der Waals surface area contributed by atoms with Crippen molar-refractivity contribution in [3.05, 3.63) is 62.3 Å². The normalized spacial score (nSPS) is 12.2. The summed E-state index contributed by atoms with van der Waals surface area (Å²) in [6.45, 7) is 2.49. The van der Waals surface area contributed by atoms with E-state index in [1.54, 1.807) is 12.1 Å². The van der Waals surface area contributed by atoms with Crippen LogP contribution in [0.2, 0.25) is 0 Å². The van der Waals surface area contributed by atoms with E-state index in [0.29, 0.717) is 16.6 Å². The van der Waals surface area contributed by atoms with Gasteiger partial charge in [-0.05, 0) is 47.1 Å². The topological polar surface area (TPSA) is 9.23 Å². The number of alkyl halides is 1. The molecular weight excluding hydrogens is 455 g/mol. The van der Waals surface area contributed by atoms with Gasteiger partial charge in [0.05, 0.1) is 15.9 Å². The second kappa shape index (κ2) is 7.05. The van der Waals surface area contributed by atoms with Gasteiger partial charge in [0.2, 0.25) is 0 Å². The lowest BCUT2D eigenvalue weighted by Crippen LogP contribution is -2.02. The Hall–Kier alpha value is -0.390. The molecule has 0 fully saturated rings. The van der Waals surface area contributed by atoms with Crippen LogP contribution in [0.1, 0.15) is 22.9 Å². The first-order chi connectivity index (χ1) is 9.54. The van der Waals surface area contributed by atoms with Crippen LogP contribution in [0, 0.1) is 5.82 Å². The largest absolute Gasteiger partial charge is 0.494 e. The molecule has 106 valence electrons. The highest BCUT2D eigenvalue weighted by atomic mass is 79.9. The standard InChI is InChI=1S/C15H12Br3FO/c1-2-20-13-7-6-9(16)8-11(13)14(18)10-4-3-5-12(17)15(10)19/h3-8,14H,2H2,1H3. The molecule has 0 heterocycles. The molecule has 0 bridgehead atoms. The Morgan fingerprint density at radius 3 is 2.60 bits per heavy atom. The van der Waals surface area contributed by atoms with Gasteiger partial charge in [0.15, 0.2) is 0 Å². The van der Waals surface area contributed by atoms with Crippen LogP contribution in [-0.4, -0.2) is 6.61 Å². The third-order valence-corrected chi connectivity index (χ3v) is 4.89. The van der Waals surface area contributed by atoms with E-state index in [4.69, 9.17) is 4.74 Å². The van der Waals surface area contributed by atoms with Crippen molar-refractivity contribution in [3.8, 4) is 5.75 Å². The Morgan fingerprint density at radius 2 is 1.90 bits per heavy atom. The fourth-order valence-corrected chi connectivity index (χ4v) is 3.36. The summed E-state index contributed by atoms with van der Waals surface area (Å²) < 4.78 is 21.2. The number of halogens is 4. The zero-order valence-corrected chi connectivity index (χ0v) is 15.4. The smallest absolute Gasteiger partial charge is 0.142 e. The van der Waals surface area contributed by atoms with Crippen LogP contribution in [0.25, 0.3) is 0 Å². The molecule has 0 aliphatic heterocycles. The third kappa shape index (κ3) is 3.43. The van der Waals surface area contributed by atoms with Crippen LogP contribution in [0.3, 0.4) is 0 Å². The van der Waals surface area contributed by atoms with Gasteiger partial charge in [0.1, 0.15) is 11.6 Å². The third-order valence-electron chi connectivity index (χ3n) is 2.80. The quantitative estimate of drug-likeness (QED) is 0.485. The van der Waals surface area contributed by atoms with Crippen molar-refractivity contribution in [2.24, 2.45) is 0 Å². The molecule has 0 spiro atoms. The van der Waals surface area contributed by atoms with Crippen molar-refractivity contribution < 1.29 is 9.13 Å². The fraction of sp³-hybridized carbons (Fsp3) is 0.200. The number of ether oxygens (including phenoxy) is 1. The molecule has 1 atom stereocenters. The molecule has 0 radical (unpaired) electrons. The SMILES string of the molecule is CCOc1ccc(Br)cc1C(Br)c1cccc(Br)c1F. The molecule has 0 aliphatic carbocycles. The van der Waals surface area contributed by atoms with Crippen molar-refractivity contribution >= 4 is 47.8 Å². The predicted molar refractivity (Wildman–Crippen MR) is 90.2 cm³/mol. The Morgan fingerprint density at radius 1 is 1.15 bits per heavy atom. The van der Waals surface area contributed by atoms with E-state index in [-0.39, 0.29) is 10.6 Å². The van der Waals surface area contributed by atoms with Gasteiger partial charge in [-0.3, -0.25) is 0 Å². The summed E-state index contributed by atoms with van der Waals surface area (Å²) in [6.07, 6.45) is 0. The molecule has 20 heavy (non-hydrogen) atoms. The van der Waals surface area contributed by atoms with Crippen LogP contribution < -0.4 is 4.74 Å². The highest BCUT2D eigenvalue weighted by molar-refractivity contribution is 9.11. The Kier molecular flexibility index (Phi) is 5.64. The highest BCUT2D eigenvalue weighted by Gasteiger charge is 2.20. The summed E-state index contributed by atoms with van der Waals surface area (Å²) in [4.78, 5) is -0.279. The van der Waals surface area contributed by atoms with Gasteiger partial charge in [-0.15, -0.1) is 0 Å². The van der Waals surface area contributed by atoms with E-state index in [0.717, 1.165) is 15.8 Å². The summed E-state index contributed by atoms with van der Waals surface area (Å²) in [5, 5.41) is 0. The average Bonchev–Trinajstić information content (AvgIpc) is 2.43. The van der Waals surface area contributed by atoms with Crippen LogP contribution >= 0.6 is 47.8 Å². The number of rotatable bonds is 4. The van der Waals surface area contributed by atoms with E-state index in [1.165, 1.54) is 0 Å². The molecule has 0 aromatic heterocycles. The Bertz CT molecular complexity index is 616. The number of hydrogen-bond donors (Lipinski definition) is 0. The van der Waals surface area contributed by atoms with E-state index in [1.807, 2.05) is 31.2 Å². The average molecular weight is 467 g/mol. The number of benzene rings is 2. The highest BCUT2D eigenvalue weighted by Crippen LogP contribution is 2.40. The van der Waals surface area contributed by atoms with E-state index in [9.17, 15) is 4.39 Å². The molecular formula is C15H12Br3FO. The monoisotopic (exact) mass is 464 g/mol. The summed E-state index contributed by atoms with van der Waals surface area (Å²) >= 11 is 10.2. The van der Waals surface area contributed by atoms with Crippen molar-refractivity contribution in [3.63, 3.8) is 0 Å². The maximum absolute atomic E-state index is 14.2. The van der Waals surface area contributed by atoms with Crippen molar-refractivity contribution in [2.75, 3.05) is 6.61 Å². The van der Waals surface area contributed by atoms with Gasteiger partial charge in [-0.1, -0.05) is 44.0 Å². The van der Waals surface area contributed by atoms with Gasteiger partial charge in [-0.2, -0.15) is 0 Å². The van der Waals surface area contributed by atoms with Gasteiger partial charge in [0.25, 0.3) is 0 Å². The zero-order valence-electron chi connectivity index (χ0n) is 10.7. The maximum atomic E-state index is 14.2. The van der Waals surface area contributed by atoms with Gasteiger partial charge in [-0.25, -0.2) is 4.39 Å². The molecule has 0 amide bonds. The lowest BCUT2D eigenvalue weighted by Gasteiger charge is -2.17. The first kappa shape index (κ1) is 16.0. The van der Waals surface area contributed by atoms with E-state index in [2.05, 4.69) is 47.8 Å². The molecule has 5 heteroatoms. The van der Waals surface area contributed by atoms with Gasteiger partial charge in [0, 0.05) is 15.6 Å². The molecule has 1 nitrogen and oxygen atoms in total. The Balaban J connectivity index is 2.49. The number of hydrogen-bond acceptors (Lipinski definition) is 1. The molecule has 0 saturated carbocycles. The van der Waals surface area contributed by atoms with Gasteiger partial charge >= 0.3 is 0 Å². The van der Waals surface area contributed by atoms with Gasteiger partial charge < -0.3 is 4.74 Å². The summed E-state index contributed by atoms with van der Waals surface area (Å²) in [5.74, 6) is 0.480. The minimum absolute atomic E-state index is 0.267. The van der Waals surface area contributed by atoms with Crippen molar-refractivity contribution in [1.29, 1.82) is 0 Å². The van der Waals surface area contributed by atoms with Crippen LogP contribution in [-0.2, 0) is 0 Å². The van der Waals surface area contributed by atoms with Crippen LogP contribution in [0.15, 0.2) is 45.3 Å². The molecule has 2 aromatic carbocycles. The lowest BCUT2D eigenvalue weighted by atomic mass is 10.0. The van der Waals surface area contributed by atoms with Crippen LogP contribution in [0.5, 0.6) is 5.75 Å². The van der Waals surface area contributed by atoms with Crippen molar-refractivity contribution in [1.82, 2.24) is 0 Å². The molecule has 0 N–H and O–H groups in total. The van der Waals surface area contributed by atoms with E-state index >= 15 is 0 Å². The summed E-state index contributed by atoms with van der Waals surface area (Å²) in [5.41, 5.74) is 1.46. The van der Waals surface area contributed by atoms with Crippen molar-refractivity contribution in [2.45, 2.75) is 11.8 Å². The molecule has 0 saturated heterocycles. The molecule has 0 aliphatic rings. The molecule has 1 unspecified atom stereocenters. The zero-order chi connectivity index (χ0) is 14.7. The summed E-state index contributed by atoms with van der Waals surface area (Å²) in [7, 11) is 0. The lowest BCUT2D eigenvalue weighted by molar-refractivity contribution is 0.337. The second-order valence-electron chi connectivity index (χ2n) is 4.12. The van der Waals surface area contributed by atoms with Crippen LogP contribution in [0.4, 0.5) is 4.39 Å². The minimum atomic E-state index is -0.279. The predicted octanol–water partition coefficient (Wildman–Crippen LogP) is 6.23. The molecule has 2 rings (SSSR count). The fourth-order valence-electron chi connectivity index (χ4n) is 1.89. The van der Waals surface area contributed by atoms with E-state index < -0.39 is 0 Å². The maximum Gasteiger partial charge on any atom is 0.142 e. The summed E-state index contributed by atoms with van der Waals surface area (Å²) in [6, 6.07) is 11.0. The first-order valence-electron chi connectivity index (χ1n) is 6.04. The second-order valence-corrected chi connectivity index (χ2v) is 6.81. The first-order valence-corrected chi connectivity index (χ1v) is 8.55. The Labute approximate surface area is 142 Å².